The molecule has 1 unspecified atom stereocenters. The van der Waals surface area contributed by atoms with E-state index in [1.807, 2.05) is 0 Å². The summed E-state index contributed by atoms with van der Waals surface area (Å²) in [5, 5.41) is 0. The van der Waals surface area contributed by atoms with Gasteiger partial charge < -0.3 is 14.2 Å². The average Bonchev–Trinajstić information content (AvgIpc) is 3.36. The van der Waals surface area contributed by atoms with Crippen molar-refractivity contribution in [1.29, 1.82) is 0 Å². The van der Waals surface area contributed by atoms with Crippen LogP contribution in [0.4, 0.5) is 0 Å². The summed E-state index contributed by atoms with van der Waals surface area (Å²) in [6, 6.07) is 0. The Morgan fingerprint density at radius 3 is 0.900 bits per heavy atom. The number of carbonyl (C=O) groups is 3. The molecule has 0 amide bonds. The second kappa shape index (κ2) is 57.4. The van der Waals surface area contributed by atoms with Gasteiger partial charge in [0.25, 0.3) is 0 Å². The normalized spacial score (nSPS) is 13.0. The molecule has 0 aliphatic rings. The largest absolute Gasteiger partial charge is 0.462 e. The summed E-state index contributed by atoms with van der Waals surface area (Å²) in [5.41, 5.74) is 0. The zero-order chi connectivity index (χ0) is 50.7. The molecule has 0 saturated carbocycles. The lowest BCUT2D eigenvalue weighted by Gasteiger charge is -2.18. The van der Waals surface area contributed by atoms with E-state index in [4.69, 9.17) is 14.2 Å². The van der Waals surface area contributed by atoms with Crippen LogP contribution < -0.4 is 0 Å². The van der Waals surface area contributed by atoms with Crippen LogP contribution in [0, 0.1) is 0 Å². The predicted octanol–water partition coefficient (Wildman–Crippen LogP) is 19.3. The van der Waals surface area contributed by atoms with E-state index in [-0.39, 0.29) is 31.1 Å². The topological polar surface area (TPSA) is 78.9 Å². The van der Waals surface area contributed by atoms with Crippen molar-refractivity contribution in [1.82, 2.24) is 0 Å². The Balaban J connectivity index is 4.30. The molecule has 0 aliphatic carbocycles. The third-order valence-electron chi connectivity index (χ3n) is 11.7. The van der Waals surface area contributed by atoms with Gasteiger partial charge in [0.05, 0.1) is 0 Å². The Kier molecular flexibility index (Phi) is 54.0. The number of hydrogen-bond donors (Lipinski definition) is 0. The smallest absolute Gasteiger partial charge is 0.306 e. The van der Waals surface area contributed by atoms with Crippen LogP contribution in [0.1, 0.15) is 245 Å². The predicted molar refractivity (Wildman–Crippen MR) is 302 cm³/mol. The van der Waals surface area contributed by atoms with Gasteiger partial charge in [0, 0.05) is 19.3 Å². The molecule has 0 aromatic carbocycles. The first kappa shape index (κ1) is 65.8. The highest BCUT2D eigenvalue weighted by Gasteiger charge is 2.19. The summed E-state index contributed by atoms with van der Waals surface area (Å²) in [4.78, 5) is 37.9. The number of carbonyl (C=O) groups excluding carboxylic acids is 3. The van der Waals surface area contributed by atoms with E-state index in [0.29, 0.717) is 19.3 Å². The van der Waals surface area contributed by atoms with Crippen LogP contribution in [0.2, 0.25) is 0 Å². The zero-order valence-electron chi connectivity index (χ0n) is 45.2. The minimum atomic E-state index is -0.796. The molecule has 0 rings (SSSR count). The number of esters is 3. The van der Waals surface area contributed by atoms with Crippen molar-refractivity contribution < 1.29 is 28.6 Å². The van der Waals surface area contributed by atoms with E-state index >= 15 is 0 Å². The molecule has 0 aromatic heterocycles. The average molecular weight is 970 g/mol. The Labute approximate surface area is 431 Å². The third kappa shape index (κ3) is 54.7. The van der Waals surface area contributed by atoms with E-state index in [2.05, 4.69) is 142 Å². The Morgan fingerprint density at radius 2 is 0.557 bits per heavy atom. The van der Waals surface area contributed by atoms with Crippen LogP contribution in [-0.4, -0.2) is 37.2 Å². The lowest BCUT2D eigenvalue weighted by Crippen LogP contribution is -2.30. The van der Waals surface area contributed by atoms with Crippen LogP contribution in [0.5, 0.6) is 0 Å². The highest BCUT2D eigenvalue weighted by Crippen LogP contribution is 2.13. The fraction of sp³-hybridized carbons (Fsp3) is 0.641. The molecule has 0 saturated heterocycles. The van der Waals surface area contributed by atoms with E-state index in [9.17, 15) is 14.4 Å². The van der Waals surface area contributed by atoms with Gasteiger partial charge in [-0.05, 0) is 116 Å². The molecule has 0 spiro atoms. The summed E-state index contributed by atoms with van der Waals surface area (Å²) in [5.74, 6) is -0.942. The summed E-state index contributed by atoms with van der Waals surface area (Å²) in [7, 11) is 0. The minimum absolute atomic E-state index is 0.0934. The van der Waals surface area contributed by atoms with Gasteiger partial charge in [-0.3, -0.25) is 14.4 Å². The van der Waals surface area contributed by atoms with Crippen molar-refractivity contribution in [2.45, 2.75) is 252 Å². The second-order valence-electron chi connectivity index (χ2n) is 18.5. The number of hydrogen-bond acceptors (Lipinski definition) is 6. The van der Waals surface area contributed by atoms with Crippen molar-refractivity contribution in [2.24, 2.45) is 0 Å². The van der Waals surface area contributed by atoms with Crippen molar-refractivity contribution in [3.05, 3.63) is 122 Å². The van der Waals surface area contributed by atoms with E-state index in [0.717, 1.165) is 148 Å². The van der Waals surface area contributed by atoms with Gasteiger partial charge in [-0.15, -0.1) is 0 Å². The molecule has 0 heterocycles. The Bertz CT molecular complexity index is 1490. The molecular weight excluding hydrogens is 865 g/mol. The molecule has 0 N–H and O–H groups in total. The van der Waals surface area contributed by atoms with Gasteiger partial charge in [-0.2, -0.15) is 0 Å². The molecule has 396 valence electrons. The van der Waals surface area contributed by atoms with E-state index in [1.165, 1.54) is 57.8 Å². The quantitative estimate of drug-likeness (QED) is 0.0262. The monoisotopic (exact) mass is 969 g/mol. The van der Waals surface area contributed by atoms with Crippen LogP contribution in [0.3, 0.4) is 0 Å². The lowest BCUT2D eigenvalue weighted by molar-refractivity contribution is -0.167. The first-order chi connectivity index (χ1) is 34.5. The maximum absolute atomic E-state index is 12.8. The molecule has 0 fully saturated rings. The van der Waals surface area contributed by atoms with Gasteiger partial charge in [0.2, 0.25) is 0 Å². The summed E-state index contributed by atoms with van der Waals surface area (Å²) >= 11 is 0. The maximum Gasteiger partial charge on any atom is 0.306 e. The number of unbranched alkanes of at least 4 members (excludes halogenated alkanes) is 19. The zero-order valence-corrected chi connectivity index (χ0v) is 45.2. The molecule has 0 aromatic rings. The van der Waals surface area contributed by atoms with Gasteiger partial charge in [-0.25, -0.2) is 0 Å². The van der Waals surface area contributed by atoms with Crippen LogP contribution in [-0.2, 0) is 28.6 Å². The van der Waals surface area contributed by atoms with Gasteiger partial charge in [0.15, 0.2) is 6.10 Å². The molecule has 0 radical (unpaired) electrons. The fourth-order valence-corrected chi connectivity index (χ4v) is 7.43. The van der Waals surface area contributed by atoms with E-state index < -0.39 is 6.10 Å². The van der Waals surface area contributed by atoms with Gasteiger partial charge in [0.1, 0.15) is 13.2 Å². The maximum atomic E-state index is 12.8. The van der Waals surface area contributed by atoms with Crippen LogP contribution >= 0.6 is 0 Å². The summed E-state index contributed by atoms with van der Waals surface area (Å²) in [6.45, 7) is 6.42. The van der Waals surface area contributed by atoms with Crippen molar-refractivity contribution in [2.75, 3.05) is 13.2 Å². The highest BCUT2D eigenvalue weighted by atomic mass is 16.6. The third-order valence-corrected chi connectivity index (χ3v) is 11.7. The Morgan fingerprint density at radius 1 is 0.300 bits per heavy atom. The molecule has 6 heteroatoms. The van der Waals surface area contributed by atoms with Crippen molar-refractivity contribution in [3.63, 3.8) is 0 Å². The van der Waals surface area contributed by atoms with Crippen molar-refractivity contribution in [3.8, 4) is 0 Å². The second-order valence-corrected chi connectivity index (χ2v) is 18.5. The molecule has 1 atom stereocenters. The van der Waals surface area contributed by atoms with E-state index in [1.54, 1.807) is 0 Å². The lowest BCUT2D eigenvalue weighted by atomic mass is 10.1. The first-order valence-electron chi connectivity index (χ1n) is 28.5. The fourth-order valence-electron chi connectivity index (χ4n) is 7.43. The number of allylic oxidation sites excluding steroid dienone is 20. The van der Waals surface area contributed by atoms with Gasteiger partial charge >= 0.3 is 17.9 Å². The molecule has 6 nitrogen and oxygen atoms in total. The highest BCUT2D eigenvalue weighted by molar-refractivity contribution is 5.71. The number of rotatable bonds is 50. The SMILES string of the molecule is CC/C=C\C/C=C\C/C=C\C/C=C\C/C=C\C/C=C\C/C=C\C/C=C\CCCCCCC(=O)OCC(COC(=O)CCCCCCCCCC)OC(=O)CCCCCCC/C=C\C/C=C\CCCCC. The minimum Gasteiger partial charge on any atom is -0.462 e. The summed E-state index contributed by atoms with van der Waals surface area (Å²) < 4.78 is 16.8. The first-order valence-corrected chi connectivity index (χ1v) is 28.5. The summed E-state index contributed by atoms with van der Waals surface area (Å²) in [6.07, 6.45) is 79.2. The van der Waals surface area contributed by atoms with Gasteiger partial charge in [-0.1, -0.05) is 232 Å². The Hall–Kier alpha value is -4.19. The van der Waals surface area contributed by atoms with Crippen LogP contribution in [0.15, 0.2) is 122 Å². The standard InChI is InChI=1S/C64H104O6/c1-4-7-10-13-16-19-21-23-25-26-27-28-29-30-31-32-33-34-35-36-37-38-40-41-43-45-48-51-54-57-63(66)69-60-61(59-68-62(65)56-53-50-47-18-15-12-9-6-3)70-64(67)58-55-52-49-46-44-42-39-24-22-20-17-14-11-8-5-2/h7,10,16-17,19-20,23-25,27-28,30-31,33-34,36-37,39-41,61H,4-6,8-9,11-15,18,21-22,26,29,32,35,38,42-60H2,1-3H3/b10-7-,19-16-,20-17-,25-23-,28-27-,31-30-,34-33-,37-36-,39-24-,41-40-. The van der Waals surface area contributed by atoms with Crippen LogP contribution in [0.25, 0.3) is 0 Å². The van der Waals surface area contributed by atoms with Crippen molar-refractivity contribution >= 4 is 17.9 Å². The molecular formula is C64H104O6. The molecule has 0 aliphatic heterocycles. The molecule has 0 bridgehead atoms. The number of ether oxygens (including phenoxy) is 3. The molecule has 70 heavy (non-hydrogen) atoms.